The topological polar surface area (TPSA) is 50.9 Å². The van der Waals surface area contributed by atoms with Crippen LogP contribution >= 0.6 is 0 Å². The molecule has 0 amide bonds. The smallest absolute Gasteiger partial charge is 0.393 e. The normalized spacial score (nSPS) is 31.6. The summed E-state index contributed by atoms with van der Waals surface area (Å²) in [6.45, 7) is 0. The number of halogens is 3. The van der Waals surface area contributed by atoms with Gasteiger partial charge in [0.1, 0.15) is 0 Å². The molecule has 1 fully saturated rings. The van der Waals surface area contributed by atoms with E-state index in [-0.39, 0.29) is 19.3 Å². The monoisotopic (exact) mass is 235 g/mol. The molecule has 0 bridgehead atoms. The SMILES string of the molecule is OC1CCC(C(F)(F)F)C(n2ccnn2)C1. The first-order valence-corrected chi connectivity index (χ1v) is 5.09. The first kappa shape index (κ1) is 11.4. The van der Waals surface area contributed by atoms with Gasteiger partial charge in [0.15, 0.2) is 0 Å². The zero-order chi connectivity index (χ0) is 11.8. The summed E-state index contributed by atoms with van der Waals surface area (Å²) < 4.78 is 39.5. The van der Waals surface area contributed by atoms with E-state index in [1.165, 1.54) is 17.1 Å². The highest BCUT2D eigenvalue weighted by molar-refractivity contribution is 4.88. The number of aliphatic hydroxyl groups is 1. The van der Waals surface area contributed by atoms with Crippen molar-refractivity contribution < 1.29 is 18.3 Å². The van der Waals surface area contributed by atoms with Crippen LogP contribution in [0.2, 0.25) is 0 Å². The van der Waals surface area contributed by atoms with Crippen molar-refractivity contribution in [2.75, 3.05) is 0 Å². The number of aromatic nitrogens is 3. The molecule has 0 aromatic carbocycles. The van der Waals surface area contributed by atoms with Gasteiger partial charge in [0.2, 0.25) is 0 Å². The van der Waals surface area contributed by atoms with Crippen molar-refractivity contribution in [1.82, 2.24) is 15.0 Å². The highest BCUT2D eigenvalue weighted by Crippen LogP contribution is 2.43. The fourth-order valence-corrected chi connectivity index (χ4v) is 2.19. The van der Waals surface area contributed by atoms with Gasteiger partial charge >= 0.3 is 6.18 Å². The van der Waals surface area contributed by atoms with Crippen LogP contribution < -0.4 is 0 Å². The average Bonchev–Trinajstić information content (AvgIpc) is 2.68. The molecule has 90 valence electrons. The van der Waals surface area contributed by atoms with E-state index < -0.39 is 24.2 Å². The third-order valence-electron chi connectivity index (χ3n) is 2.99. The fourth-order valence-electron chi connectivity index (χ4n) is 2.19. The van der Waals surface area contributed by atoms with E-state index in [0.29, 0.717) is 0 Å². The molecule has 1 N–H and O–H groups in total. The Bertz CT molecular complexity index is 338. The lowest BCUT2D eigenvalue weighted by atomic mass is 9.82. The van der Waals surface area contributed by atoms with Crippen LogP contribution in [0.5, 0.6) is 0 Å². The molecule has 0 spiro atoms. The molecule has 0 radical (unpaired) electrons. The van der Waals surface area contributed by atoms with Crippen molar-refractivity contribution in [2.45, 2.75) is 37.6 Å². The second kappa shape index (κ2) is 4.04. The molecule has 16 heavy (non-hydrogen) atoms. The van der Waals surface area contributed by atoms with Crippen molar-refractivity contribution in [2.24, 2.45) is 5.92 Å². The summed E-state index contributed by atoms with van der Waals surface area (Å²) in [5.41, 5.74) is 0. The molecular weight excluding hydrogens is 223 g/mol. The third-order valence-corrected chi connectivity index (χ3v) is 2.99. The molecule has 1 heterocycles. The second-order valence-corrected chi connectivity index (χ2v) is 4.07. The van der Waals surface area contributed by atoms with E-state index in [2.05, 4.69) is 10.3 Å². The van der Waals surface area contributed by atoms with Gasteiger partial charge in [-0.3, -0.25) is 0 Å². The Hall–Kier alpha value is -1.11. The predicted molar refractivity (Wildman–Crippen MR) is 48.5 cm³/mol. The summed E-state index contributed by atoms with van der Waals surface area (Å²) in [7, 11) is 0. The Labute approximate surface area is 90.1 Å². The summed E-state index contributed by atoms with van der Waals surface area (Å²) in [4.78, 5) is 0. The van der Waals surface area contributed by atoms with Gasteiger partial charge in [-0.05, 0) is 19.3 Å². The van der Waals surface area contributed by atoms with E-state index in [0.717, 1.165) is 0 Å². The zero-order valence-electron chi connectivity index (χ0n) is 8.43. The van der Waals surface area contributed by atoms with Crippen molar-refractivity contribution in [3.63, 3.8) is 0 Å². The molecule has 2 rings (SSSR count). The Morgan fingerprint density at radius 1 is 1.31 bits per heavy atom. The van der Waals surface area contributed by atoms with Gasteiger partial charge in [-0.25, -0.2) is 4.68 Å². The van der Waals surface area contributed by atoms with Crippen molar-refractivity contribution in [1.29, 1.82) is 0 Å². The molecular formula is C9H12F3N3O. The predicted octanol–water partition coefficient (Wildman–Crippen LogP) is 1.54. The second-order valence-electron chi connectivity index (χ2n) is 4.07. The lowest BCUT2D eigenvalue weighted by Crippen LogP contribution is -2.38. The van der Waals surface area contributed by atoms with E-state index in [9.17, 15) is 18.3 Å². The van der Waals surface area contributed by atoms with Gasteiger partial charge < -0.3 is 5.11 Å². The van der Waals surface area contributed by atoms with E-state index in [1.807, 2.05) is 0 Å². The molecule has 3 atom stereocenters. The van der Waals surface area contributed by atoms with Gasteiger partial charge in [-0.1, -0.05) is 5.21 Å². The van der Waals surface area contributed by atoms with Crippen LogP contribution in [0.4, 0.5) is 13.2 Å². The van der Waals surface area contributed by atoms with Crippen LogP contribution in [0.3, 0.4) is 0 Å². The van der Waals surface area contributed by atoms with Crippen molar-refractivity contribution >= 4 is 0 Å². The summed E-state index contributed by atoms with van der Waals surface area (Å²) in [6, 6.07) is -0.841. The van der Waals surface area contributed by atoms with Crippen LogP contribution in [0.1, 0.15) is 25.3 Å². The maximum Gasteiger partial charge on any atom is 0.393 e. The number of rotatable bonds is 1. The molecule has 7 heteroatoms. The minimum Gasteiger partial charge on any atom is -0.393 e. The highest BCUT2D eigenvalue weighted by Gasteiger charge is 2.48. The molecule has 1 saturated carbocycles. The Balaban J connectivity index is 2.23. The molecule has 1 aliphatic carbocycles. The van der Waals surface area contributed by atoms with Crippen LogP contribution in [-0.2, 0) is 0 Å². The Morgan fingerprint density at radius 3 is 2.62 bits per heavy atom. The molecule has 0 aliphatic heterocycles. The molecule has 1 aromatic heterocycles. The summed E-state index contributed by atoms with van der Waals surface area (Å²) in [5, 5.41) is 16.5. The molecule has 1 aliphatic rings. The van der Waals surface area contributed by atoms with E-state index in [4.69, 9.17) is 0 Å². The number of hydrogen-bond acceptors (Lipinski definition) is 3. The van der Waals surface area contributed by atoms with Gasteiger partial charge in [0, 0.05) is 6.20 Å². The van der Waals surface area contributed by atoms with Crippen molar-refractivity contribution in [3.8, 4) is 0 Å². The summed E-state index contributed by atoms with van der Waals surface area (Å²) in [6.07, 6.45) is -1.99. The van der Waals surface area contributed by atoms with Crippen LogP contribution in [0.25, 0.3) is 0 Å². The first-order chi connectivity index (χ1) is 7.48. The molecule has 4 nitrogen and oxygen atoms in total. The summed E-state index contributed by atoms with van der Waals surface area (Å²) in [5.74, 6) is -1.45. The van der Waals surface area contributed by atoms with Crippen molar-refractivity contribution in [3.05, 3.63) is 12.4 Å². The average molecular weight is 235 g/mol. The first-order valence-electron chi connectivity index (χ1n) is 5.09. The lowest BCUT2D eigenvalue weighted by molar-refractivity contribution is -0.199. The summed E-state index contributed by atoms with van der Waals surface area (Å²) >= 11 is 0. The van der Waals surface area contributed by atoms with Crippen LogP contribution in [-0.4, -0.2) is 32.4 Å². The maximum absolute atomic E-state index is 12.8. The molecule has 3 unspecified atom stereocenters. The highest BCUT2D eigenvalue weighted by atomic mass is 19.4. The number of alkyl halides is 3. The molecule has 1 aromatic rings. The van der Waals surface area contributed by atoms with Crippen LogP contribution in [0.15, 0.2) is 12.4 Å². The van der Waals surface area contributed by atoms with Gasteiger partial charge in [-0.15, -0.1) is 5.10 Å². The number of hydrogen-bond donors (Lipinski definition) is 1. The van der Waals surface area contributed by atoms with Gasteiger partial charge in [-0.2, -0.15) is 13.2 Å². The zero-order valence-corrected chi connectivity index (χ0v) is 8.43. The third kappa shape index (κ3) is 2.18. The Morgan fingerprint density at radius 2 is 2.06 bits per heavy atom. The van der Waals surface area contributed by atoms with E-state index >= 15 is 0 Å². The fraction of sp³-hybridized carbons (Fsp3) is 0.778. The lowest BCUT2D eigenvalue weighted by Gasteiger charge is -2.34. The van der Waals surface area contributed by atoms with Gasteiger partial charge in [0.25, 0.3) is 0 Å². The molecule has 0 saturated heterocycles. The minimum atomic E-state index is -4.25. The maximum atomic E-state index is 12.8. The van der Waals surface area contributed by atoms with Crippen LogP contribution in [0, 0.1) is 5.92 Å². The standard InChI is InChI=1S/C9H12F3N3O/c10-9(11,12)7-2-1-6(16)5-8(7)15-4-3-13-14-15/h3-4,6-8,16H,1-2,5H2. The van der Waals surface area contributed by atoms with E-state index in [1.54, 1.807) is 0 Å². The van der Waals surface area contributed by atoms with Gasteiger partial charge in [0.05, 0.1) is 24.3 Å². The minimum absolute atomic E-state index is 0.0603. The number of nitrogens with zero attached hydrogens (tertiary/aromatic N) is 3. The largest absolute Gasteiger partial charge is 0.393 e. The number of aliphatic hydroxyl groups excluding tert-OH is 1. The quantitative estimate of drug-likeness (QED) is 0.803. The Kier molecular flexibility index (Phi) is 2.88.